The van der Waals surface area contributed by atoms with Crippen LogP contribution in [0.5, 0.6) is 0 Å². The Morgan fingerprint density at radius 1 is 0.414 bits per heavy atom. The number of hydrogen-bond donors (Lipinski definition) is 0. The fraction of sp³-hybridized carbons (Fsp3) is 0.0323. The van der Waals surface area contributed by atoms with Crippen molar-refractivity contribution in [3.8, 4) is 40.1 Å². The van der Waals surface area contributed by atoms with Crippen molar-refractivity contribution in [3.05, 3.63) is 224 Å². The van der Waals surface area contributed by atoms with Crippen LogP contribution in [0.1, 0.15) is 11.5 Å². The van der Waals surface area contributed by atoms with Gasteiger partial charge in [-0.1, -0.05) is 170 Å². The normalized spacial score (nSPS) is 15.3. The molecule has 326 valence electrons. The molecule has 70 heavy (non-hydrogen) atoms. The second-order valence-electron chi connectivity index (χ2n) is 18.2. The van der Waals surface area contributed by atoms with Crippen molar-refractivity contribution in [1.82, 2.24) is 34.5 Å². The minimum absolute atomic E-state index is 0.0797. The largest absolute Gasteiger partial charge is 0.332 e. The fourth-order valence-electron chi connectivity index (χ4n) is 11.3. The van der Waals surface area contributed by atoms with Crippen LogP contribution >= 0.6 is 0 Å². The highest BCUT2D eigenvalue weighted by Crippen LogP contribution is 2.53. The third-order valence-electron chi connectivity index (χ3n) is 14.4. The number of aromatic nitrogens is 7. The second kappa shape index (κ2) is 15.1. The van der Waals surface area contributed by atoms with Crippen molar-refractivity contribution in [2.45, 2.75) is 12.0 Å². The van der Waals surface area contributed by atoms with E-state index in [1.807, 2.05) is 85.3 Å². The van der Waals surface area contributed by atoms with Crippen LogP contribution in [-0.2, 0) is 0 Å². The molecule has 0 spiro atoms. The topological polar surface area (TPSA) is 85.5 Å². The smallest absolute Gasteiger partial charge is 0.182 e. The number of fused-ring (bicyclic) bond motifs is 16. The van der Waals surface area contributed by atoms with Crippen molar-refractivity contribution < 1.29 is 0 Å². The highest BCUT2D eigenvalue weighted by atomic mass is 15.2. The van der Waals surface area contributed by atoms with Gasteiger partial charge in [0.1, 0.15) is 11.5 Å². The third-order valence-corrected chi connectivity index (χ3v) is 14.4. The third kappa shape index (κ3) is 5.77. The predicted molar refractivity (Wildman–Crippen MR) is 285 cm³/mol. The summed E-state index contributed by atoms with van der Waals surface area (Å²) in [7, 11) is 0. The molecule has 13 aromatic rings. The number of anilines is 2. The predicted octanol–water partition coefficient (Wildman–Crippen LogP) is 14.7. The summed E-state index contributed by atoms with van der Waals surface area (Å²) in [6.45, 7) is 0. The minimum Gasteiger partial charge on any atom is -0.332 e. The summed E-state index contributed by atoms with van der Waals surface area (Å²) in [4.78, 5) is 32.7. The molecular formula is C62H38N8. The molecule has 0 radical (unpaired) electrons. The molecule has 0 amide bonds. The zero-order valence-electron chi connectivity index (χ0n) is 37.5. The van der Waals surface area contributed by atoms with E-state index in [2.05, 4.69) is 143 Å². The quantitative estimate of drug-likeness (QED) is 0.159. The van der Waals surface area contributed by atoms with E-state index >= 15 is 0 Å². The Morgan fingerprint density at radius 3 is 1.76 bits per heavy atom. The lowest BCUT2D eigenvalue weighted by atomic mass is 9.91. The van der Waals surface area contributed by atoms with Gasteiger partial charge in [-0.25, -0.2) is 19.9 Å². The van der Waals surface area contributed by atoms with E-state index in [-0.39, 0.29) is 12.0 Å². The van der Waals surface area contributed by atoms with E-state index < -0.39 is 0 Å². The van der Waals surface area contributed by atoms with Crippen LogP contribution in [0.25, 0.3) is 116 Å². The van der Waals surface area contributed by atoms with E-state index in [1.165, 1.54) is 54.3 Å². The summed E-state index contributed by atoms with van der Waals surface area (Å²) in [6, 6.07) is 62.4. The molecule has 1 aliphatic heterocycles. The Hall–Kier alpha value is -9.40. The van der Waals surface area contributed by atoms with Crippen LogP contribution in [0, 0.1) is 0 Å². The average molecular weight is 895 g/mol. The molecular weight excluding hydrogens is 857 g/mol. The number of benzene rings is 8. The van der Waals surface area contributed by atoms with Crippen molar-refractivity contribution in [3.63, 3.8) is 0 Å². The molecule has 2 atom stereocenters. The Labute approximate surface area is 401 Å². The van der Waals surface area contributed by atoms with Gasteiger partial charge >= 0.3 is 0 Å². The lowest BCUT2D eigenvalue weighted by Gasteiger charge is -2.29. The molecule has 0 saturated carbocycles. The zero-order valence-corrected chi connectivity index (χ0v) is 37.5. The second-order valence-corrected chi connectivity index (χ2v) is 18.2. The first kappa shape index (κ1) is 38.7. The average Bonchev–Trinajstić information content (AvgIpc) is 3.96. The highest BCUT2D eigenvalue weighted by molar-refractivity contribution is 6.26. The van der Waals surface area contributed by atoms with Crippen LogP contribution in [0.15, 0.2) is 219 Å². The van der Waals surface area contributed by atoms with Crippen LogP contribution < -0.4 is 4.90 Å². The first-order chi connectivity index (χ1) is 34.7. The first-order valence-corrected chi connectivity index (χ1v) is 23.7. The fourth-order valence-corrected chi connectivity index (χ4v) is 11.3. The van der Waals surface area contributed by atoms with E-state index in [1.54, 1.807) is 0 Å². The number of para-hydroxylation sites is 1. The van der Waals surface area contributed by atoms with Crippen molar-refractivity contribution >= 4 is 87.2 Å². The SMILES string of the molecule is C1=CC2c3ccc4c5ccccc5n(-c5cc6c(cn5)ncc5cc(-c7nc(-c8ccccc8)nc(-c8ccccc8)n7)ncc56)c4c3N(c3ccc4c5ccccc5c5ccccc5c4c3)C2C=C1. The molecule has 0 bridgehead atoms. The van der Waals surface area contributed by atoms with E-state index in [9.17, 15) is 0 Å². The van der Waals surface area contributed by atoms with Gasteiger partial charge < -0.3 is 4.90 Å². The maximum atomic E-state index is 5.22. The molecule has 8 heteroatoms. The summed E-state index contributed by atoms with van der Waals surface area (Å²) in [5, 5.41) is 12.7. The van der Waals surface area contributed by atoms with Gasteiger partial charge in [-0.3, -0.25) is 14.5 Å². The van der Waals surface area contributed by atoms with Gasteiger partial charge in [-0.2, -0.15) is 0 Å². The first-order valence-electron chi connectivity index (χ1n) is 23.7. The number of nitrogens with zero attached hydrogens (tertiary/aromatic N) is 8. The monoisotopic (exact) mass is 894 g/mol. The molecule has 2 unspecified atom stereocenters. The molecule has 2 aliphatic rings. The zero-order chi connectivity index (χ0) is 45.9. The maximum absolute atomic E-state index is 5.22. The summed E-state index contributed by atoms with van der Waals surface area (Å²) in [5.41, 5.74) is 9.07. The summed E-state index contributed by atoms with van der Waals surface area (Å²) in [5.74, 6) is 2.63. The van der Waals surface area contributed by atoms with Crippen LogP contribution in [-0.4, -0.2) is 40.5 Å². The van der Waals surface area contributed by atoms with Gasteiger partial charge in [0.2, 0.25) is 0 Å². The van der Waals surface area contributed by atoms with Crippen LogP contribution in [0.2, 0.25) is 0 Å². The van der Waals surface area contributed by atoms with Gasteiger partial charge in [0.15, 0.2) is 17.5 Å². The van der Waals surface area contributed by atoms with E-state index in [4.69, 9.17) is 29.9 Å². The summed E-state index contributed by atoms with van der Waals surface area (Å²) in [6.07, 6.45) is 14.8. The van der Waals surface area contributed by atoms with Crippen molar-refractivity contribution in [1.29, 1.82) is 0 Å². The van der Waals surface area contributed by atoms with Gasteiger partial charge in [0.05, 0.1) is 34.5 Å². The highest BCUT2D eigenvalue weighted by Gasteiger charge is 2.40. The minimum atomic E-state index is 0.0797. The maximum Gasteiger partial charge on any atom is 0.182 e. The Morgan fingerprint density at radius 2 is 1.03 bits per heavy atom. The summed E-state index contributed by atoms with van der Waals surface area (Å²) < 4.78 is 2.37. The van der Waals surface area contributed by atoms with Crippen LogP contribution in [0.4, 0.5) is 11.4 Å². The van der Waals surface area contributed by atoms with E-state index in [0.29, 0.717) is 23.2 Å². The van der Waals surface area contributed by atoms with Gasteiger partial charge in [-0.05, 0) is 68.2 Å². The van der Waals surface area contributed by atoms with Gasteiger partial charge in [0.25, 0.3) is 0 Å². The van der Waals surface area contributed by atoms with Crippen molar-refractivity contribution in [2.75, 3.05) is 4.90 Å². The molecule has 15 rings (SSSR count). The Kier molecular flexibility index (Phi) is 8.32. The molecule has 1 aliphatic carbocycles. The number of rotatable bonds is 5. The number of hydrogen-bond acceptors (Lipinski definition) is 7. The van der Waals surface area contributed by atoms with Gasteiger partial charge in [-0.15, -0.1) is 0 Å². The molecule has 0 fully saturated rings. The Balaban J connectivity index is 0.928. The Bertz CT molecular complexity index is 4290. The summed E-state index contributed by atoms with van der Waals surface area (Å²) >= 11 is 0. The molecule has 6 heterocycles. The molecule has 8 aromatic carbocycles. The van der Waals surface area contributed by atoms with E-state index in [0.717, 1.165) is 55.3 Å². The molecule has 5 aromatic heterocycles. The molecule has 8 nitrogen and oxygen atoms in total. The number of pyridine rings is 3. The number of allylic oxidation sites excluding steroid dienone is 2. The molecule has 0 saturated heterocycles. The van der Waals surface area contributed by atoms with Crippen LogP contribution in [0.3, 0.4) is 0 Å². The standard InChI is InChI=1S/C62H38N8/c1-3-15-37(16-4-1)60-66-61(38-17-5-2-6-18-38)68-62(67-60)53-31-39-34-63-54-36-65-57(33-51(54)52(39)35-64-53)70-56-26-14-12-24-47(56)49-30-29-48-46-23-11-13-25-55(46)69(58(48)59(49)70)40-27-28-45-43-21-8-7-19-41(43)42-20-9-10-22-44(42)50(45)32-40/h1-36,46,55H. The lowest BCUT2D eigenvalue weighted by Crippen LogP contribution is -2.28. The lowest BCUT2D eigenvalue weighted by molar-refractivity contribution is 0.745. The molecule has 0 N–H and O–H groups in total. The van der Waals surface area contributed by atoms with Crippen molar-refractivity contribution in [2.24, 2.45) is 0 Å². The van der Waals surface area contributed by atoms with Gasteiger partial charge in [0, 0.05) is 62.1 Å².